The summed E-state index contributed by atoms with van der Waals surface area (Å²) in [5, 5.41) is 0. The molecule has 0 heterocycles. The molecule has 0 atom stereocenters. The van der Waals surface area contributed by atoms with Crippen LogP contribution in [0.1, 0.15) is 26.3 Å². The van der Waals surface area contributed by atoms with Crippen LogP contribution in [0.4, 0.5) is 0 Å². The Morgan fingerprint density at radius 2 is 1.80 bits per heavy atom. The maximum Gasteiger partial charge on any atom is 1.00 e. The van der Waals surface area contributed by atoms with E-state index in [0.29, 0.717) is 0 Å². The van der Waals surface area contributed by atoms with Gasteiger partial charge in [0.15, 0.2) is 7.28 Å². The Morgan fingerprint density at radius 3 is 2.25 bits per heavy atom. The summed E-state index contributed by atoms with van der Waals surface area (Å²) < 4.78 is 0. The van der Waals surface area contributed by atoms with Crippen molar-refractivity contribution in [1.29, 1.82) is 0 Å². The molecule has 20 heavy (non-hydrogen) atoms. The van der Waals surface area contributed by atoms with Gasteiger partial charge in [-0.05, 0) is 5.41 Å². The van der Waals surface area contributed by atoms with Crippen molar-refractivity contribution in [3.63, 3.8) is 0 Å². The first-order valence-corrected chi connectivity index (χ1v) is 6.27. The second-order valence-electron chi connectivity index (χ2n) is 4.99. The van der Waals surface area contributed by atoms with Crippen molar-refractivity contribution in [3.05, 3.63) is 79.8 Å². The SMILES string of the molecule is C=C/C=C/[B]c1[c-]c(C(C)(C)C)ccc1.[CH-]=CC=C.[Li+]. The smallest absolute Gasteiger partial charge is 0.293 e. The minimum Gasteiger partial charge on any atom is -0.293 e. The maximum atomic E-state index is 4.78. The minimum atomic E-state index is 0. The number of hydrogen-bond acceptors (Lipinski definition) is 0. The van der Waals surface area contributed by atoms with Crippen molar-refractivity contribution in [1.82, 2.24) is 0 Å². The molecule has 0 aromatic heterocycles. The molecule has 1 aromatic carbocycles. The van der Waals surface area contributed by atoms with E-state index >= 15 is 0 Å². The molecule has 0 aliphatic carbocycles. The van der Waals surface area contributed by atoms with Gasteiger partial charge in [-0.15, -0.1) is 5.98 Å². The summed E-state index contributed by atoms with van der Waals surface area (Å²) in [6, 6.07) is 9.65. The molecule has 0 unspecified atom stereocenters. The summed E-state index contributed by atoms with van der Waals surface area (Å²) in [6.45, 7) is 18.3. The Balaban J connectivity index is 0. The summed E-state index contributed by atoms with van der Waals surface area (Å²) in [7, 11) is 2.04. The van der Waals surface area contributed by atoms with E-state index in [2.05, 4.69) is 58.2 Å². The summed E-state index contributed by atoms with van der Waals surface area (Å²) >= 11 is 0. The van der Waals surface area contributed by atoms with E-state index < -0.39 is 0 Å². The van der Waals surface area contributed by atoms with Gasteiger partial charge in [0.05, 0.1) is 0 Å². The van der Waals surface area contributed by atoms with Crippen LogP contribution in [0.25, 0.3) is 0 Å². The van der Waals surface area contributed by atoms with E-state index in [1.165, 1.54) is 17.7 Å². The molecule has 0 bridgehead atoms. The quantitative estimate of drug-likeness (QED) is 0.428. The topological polar surface area (TPSA) is 0 Å². The molecule has 0 aliphatic rings. The zero-order valence-corrected chi connectivity index (χ0v) is 13.2. The Hall–Kier alpha value is -1.16. The van der Waals surface area contributed by atoms with Crippen molar-refractivity contribution in [2.24, 2.45) is 0 Å². The molecule has 0 aliphatic heterocycles. The minimum absolute atomic E-state index is 0. The molecule has 0 saturated carbocycles. The van der Waals surface area contributed by atoms with Gasteiger partial charge in [0.1, 0.15) is 0 Å². The molecule has 0 fully saturated rings. The van der Waals surface area contributed by atoms with Crippen molar-refractivity contribution in [2.45, 2.75) is 26.2 Å². The van der Waals surface area contributed by atoms with Gasteiger partial charge in [0, 0.05) is 0 Å². The zero-order chi connectivity index (χ0) is 14.7. The van der Waals surface area contributed by atoms with Gasteiger partial charge >= 0.3 is 18.9 Å². The molecule has 0 saturated heterocycles. The van der Waals surface area contributed by atoms with E-state index in [0.717, 1.165) is 5.46 Å². The largest absolute Gasteiger partial charge is 1.00 e. The third-order valence-electron chi connectivity index (χ3n) is 2.28. The molecule has 0 amide bonds. The number of rotatable bonds is 4. The molecule has 1 radical (unpaired) electrons. The second kappa shape index (κ2) is 11.7. The zero-order valence-electron chi connectivity index (χ0n) is 13.2. The summed E-state index contributed by atoms with van der Waals surface area (Å²) in [5.41, 5.74) is 2.51. The maximum absolute atomic E-state index is 4.78. The van der Waals surface area contributed by atoms with Crippen molar-refractivity contribution < 1.29 is 18.9 Å². The first-order chi connectivity index (χ1) is 8.95. The van der Waals surface area contributed by atoms with E-state index in [4.69, 9.17) is 6.58 Å². The average molecular weight is 256 g/mol. The number of allylic oxidation sites excluding steroid dienone is 4. The van der Waals surface area contributed by atoms with Gasteiger partial charge in [-0.2, -0.15) is 41.9 Å². The van der Waals surface area contributed by atoms with Crippen molar-refractivity contribution >= 4 is 12.7 Å². The van der Waals surface area contributed by atoms with Crippen LogP contribution >= 0.6 is 0 Å². The van der Waals surface area contributed by atoms with Crippen LogP contribution in [0.2, 0.25) is 0 Å². The van der Waals surface area contributed by atoms with Crippen LogP contribution in [-0.2, 0) is 5.41 Å². The van der Waals surface area contributed by atoms with E-state index in [1.807, 2.05) is 19.3 Å². The standard InChI is InChI=1S/C14H17B.C4H5.Li/c1-5-6-10-15-13-9-7-8-12(11-13)14(2,3)4;1-3-4-2;/h5-10H,1H2,2-4H3;1,3-4H,2H2;/q2*-1;+1/b10-6+;;. The Labute approximate surface area is 137 Å². The van der Waals surface area contributed by atoms with Crippen molar-refractivity contribution in [2.75, 3.05) is 0 Å². The Bertz CT molecular complexity index is 433. The molecular formula is C18H22BLi-. The fourth-order valence-electron chi connectivity index (χ4n) is 1.26. The van der Waals surface area contributed by atoms with Gasteiger partial charge in [0.25, 0.3) is 0 Å². The second-order valence-corrected chi connectivity index (χ2v) is 4.99. The number of benzene rings is 1. The molecule has 2 heteroatoms. The van der Waals surface area contributed by atoms with E-state index in [-0.39, 0.29) is 24.3 Å². The summed E-state index contributed by atoms with van der Waals surface area (Å²) in [5.74, 6) is 1.98. The molecular weight excluding hydrogens is 234 g/mol. The number of hydrogen-bond donors (Lipinski definition) is 0. The van der Waals surface area contributed by atoms with Crippen LogP contribution in [0.15, 0.2) is 61.6 Å². The van der Waals surface area contributed by atoms with Crippen LogP contribution in [-0.4, -0.2) is 7.28 Å². The van der Waals surface area contributed by atoms with Gasteiger partial charge in [-0.3, -0.25) is 6.58 Å². The van der Waals surface area contributed by atoms with Gasteiger partial charge in [-0.1, -0.05) is 39.5 Å². The third kappa shape index (κ3) is 9.73. The molecule has 0 spiro atoms. The normalized spacial score (nSPS) is 9.75. The van der Waals surface area contributed by atoms with E-state index in [9.17, 15) is 0 Å². The van der Waals surface area contributed by atoms with E-state index in [1.54, 1.807) is 6.08 Å². The molecule has 0 N–H and O–H groups in total. The summed E-state index contributed by atoms with van der Waals surface area (Å²) in [4.78, 5) is 0. The molecule has 99 valence electrons. The average Bonchev–Trinajstić information content (AvgIpc) is 2.39. The first kappa shape index (κ1) is 21.1. The van der Waals surface area contributed by atoms with Gasteiger partial charge in [0.2, 0.25) is 0 Å². The first-order valence-electron chi connectivity index (χ1n) is 6.27. The molecule has 1 aromatic rings. The predicted molar refractivity (Wildman–Crippen MR) is 87.8 cm³/mol. The van der Waals surface area contributed by atoms with Crippen LogP contribution in [0.5, 0.6) is 0 Å². The Kier molecular flexibility index (Phi) is 12.3. The Morgan fingerprint density at radius 1 is 1.20 bits per heavy atom. The van der Waals surface area contributed by atoms with Crippen LogP contribution in [0, 0.1) is 12.6 Å². The van der Waals surface area contributed by atoms with Gasteiger partial charge in [-0.25, -0.2) is 12.2 Å². The third-order valence-corrected chi connectivity index (χ3v) is 2.28. The summed E-state index contributed by atoms with van der Waals surface area (Å²) in [6.07, 6.45) is 6.60. The van der Waals surface area contributed by atoms with Gasteiger partial charge < -0.3 is 0 Å². The van der Waals surface area contributed by atoms with Crippen molar-refractivity contribution in [3.8, 4) is 0 Å². The van der Waals surface area contributed by atoms with Crippen LogP contribution < -0.4 is 24.3 Å². The predicted octanol–water partition coefficient (Wildman–Crippen LogP) is 0.979. The monoisotopic (exact) mass is 256 g/mol. The molecule has 1 rings (SSSR count). The fraction of sp³-hybridized carbons (Fsp3) is 0.222. The molecule has 0 nitrogen and oxygen atoms in total. The van der Waals surface area contributed by atoms with Crippen LogP contribution in [0.3, 0.4) is 0 Å². The fourth-order valence-corrected chi connectivity index (χ4v) is 1.26.